The van der Waals surface area contributed by atoms with Gasteiger partial charge in [0.15, 0.2) is 0 Å². The number of hydrogen-bond acceptors (Lipinski definition) is 4. The second kappa shape index (κ2) is 6.76. The Kier molecular flexibility index (Phi) is 5.20. The lowest BCUT2D eigenvalue weighted by molar-refractivity contribution is -0.136. The normalized spacial score (nSPS) is 16.8. The van der Waals surface area contributed by atoms with Crippen molar-refractivity contribution in [3.05, 3.63) is 29.3 Å². The fraction of sp³-hybridized carbons (Fsp3) is 0.533. The van der Waals surface area contributed by atoms with Gasteiger partial charge in [-0.3, -0.25) is 4.79 Å². The third kappa shape index (κ3) is 3.48. The number of sulfonamides is 1. The number of hydrogen-bond donors (Lipinski definition) is 0. The summed E-state index contributed by atoms with van der Waals surface area (Å²) >= 11 is 0. The molecule has 122 valence electrons. The largest absolute Gasteiger partial charge is 0.375 e. The van der Waals surface area contributed by atoms with Gasteiger partial charge in [-0.15, -0.1) is 0 Å². The van der Waals surface area contributed by atoms with E-state index in [1.165, 1.54) is 11.4 Å². The molecule has 1 aliphatic heterocycles. The fourth-order valence-electron chi connectivity index (χ4n) is 2.62. The van der Waals surface area contributed by atoms with Gasteiger partial charge in [0, 0.05) is 33.3 Å². The first-order chi connectivity index (χ1) is 10.4. The van der Waals surface area contributed by atoms with Crippen molar-refractivity contribution in [2.75, 3.05) is 39.9 Å². The third-order valence-corrected chi connectivity index (χ3v) is 5.87. The average Bonchev–Trinajstić information content (AvgIpc) is 2.47. The van der Waals surface area contributed by atoms with Crippen molar-refractivity contribution in [3.63, 3.8) is 0 Å². The molecule has 1 heterocycles. The molecule has 0 saturated carbocycles. The highest BCUT2D eigenvalue weighted by molar-refractivity contribution is 7.89. The van der Waals surface area contributed by atoms with E-state index in [2.05, 4.69) is 0 Å². The van der Waals surface area contributed by atoms with Crippen LogP contribution in [0.3, 0.4) is 0 Å². The summed E-state index contributed by atoms with van der Waals surface area (Å²) in [6, 6.07) is 5.33. The van der Waals surface area contributed by atoms with Gasteiger partial charge in [-0.05, 0) is 25.5 Å². The number of methoxy groups -OCH3 is 1. The van der Waals surface area contributed by atoms with Crippen LogP contribution in [-0.2, 0) is 19.6 Å². The van der Waals surface area contributed by atoms with Crippen molar-refractivity contribution in [3.8, 4) is 0 Å². The van der Waals surface area contributed by atoms with Crippen LogP contribution in [-0.4, -0.2) is 63.4 Å². The summed E-state index contributed by atoms with van der Waals surface area (Å²) in [5, 5.41) is 0. The minimum atomic E-state index is -3.51. The lowest BCUT2D eigenvalue weighted by Gasteiger charge is -2.34. The Hall–Kier alpha value is -1.44. The predicted octanol–water partition coefficient (Wildman–Crippen LogP) is 0.783. The Morgan fingerprint density at radius 2 is 1.82 bits per heavy atom. The van der Waals surface area contributed by atoms with Gasteiger partial charge in [-0.25, -0.2) is 8.42 Å². The number of nitrogens with zero attached hydrogens (tertiary/aromatic N) is 2. The molecule has 1 saturated heterocycles. The van der Waals surface area contributed by atoms with E-state index in [9.17, 15) is 13.2 Å². The molecular weight excluding hydrogens is 304 g/mol. The number of benzene rings is 1. The number of carbonyl (C=O) groups is 1. The van der Waals surface area contributed by atoms with Crippen LogP contribution >= 0.6 is 0 Å². The topological polar surface area (TPSA) is 66.9 Å². The summed E-state index contributed by atoms with van der Waals surface area (Å²) in [5.41, 5.74) is 1.78. The van der Waals surface area contributed by atoms with Crippen LogP contribution in [0.2, 0.25) is 0 Å². The average molecular weight is 326 g/mol. The van der Waals surface area contributed by atoms with E-state index in [-0.39, 0.29) is 12.5 Å². The maximum atomic E-state index is 12.7. The molecule has 6 nitrogen and oxygen atoms in total. The standard InChI is InChI=1S/C15H22N2O4S/c1-12-4-5-14(13(2)10-12)22(19,20)17-8-6-16(7-9-17)15(18)11-21-3/h4-5,10H,6-9,11H2,1-3H3. The highest BCUT2D eigenvalue weighted by Crippen LogP contribution is 2.22. The maximum absolute atomic E-state index is 12.7. The molecule has 0 N–H and O–H groups in total. The summed E-state index contributed by atoms with van der Waals surface area (Å²) in [6.45, 7) is 5.18. The first-order valence-electron chi connectivity index (χ1n) is 7.20. The Bertz CT molecular complexity index is 650. The lowest BCUT2D eigenvalue weighted by Crippen LogP contribution is -2.51. The van der Waals surface area contributed by atoms with E-state index in [1.807, 2.05) is 13.0 Å². The molecule has 0 radical (unpaired) electrons. The highest BCUT2D eigenvalue weighted by Gasteiger charge is 2.30. The second-order valence-electron chi connectivity index (χ2n) is 5.49. The summed E-state index contributed by atoms with van der Waals surface area (Å²) < 4.78 is 31.7. The van der Waals surface area contributed by atoms with Crippen molar-refractivity contribution < 1.29 is 17.9 Å². The van der Waals surface area contributed by atoms with Crippen molar-refractivity contribution in [1.29, 1.82) is 0 Å². The highest BCUT2D eigenvalue weighted by atomic mass is 32.2. The third-order valence-electron chi connectivity index (χ3n) is 3.81. The summed E-state index contributed by atoms with van der Waals surface area (Å²) in [7, 11) is -2.04. The first kappa shape index (κ1) is 16.9. The van der Waals surface area contributed by atoms with E-state index in [0.717, 1.165) is 11.1 Å². The predicted molar refractivity (Wildman–Crippen MR) is 83.1 cm³/mol. The van der Waals surface area contributed by atoms with E-state index in [1.54, 1.807) is 24.0 Å². The zero-order valence-corrected chi connectivity index (χ0v) is 14.0. The zero-order chi connectivity index (χ0) is 16.3. The zero-order valence-electron chi connectivity index (χ0n) is 13.2. The molecule has 1 aromatic carbocycles. The molecule has 1 amide bonds. The number of carbonyl (C=O) groups excluding carboxylic acids is 1. The molecule has 1 fully saturated rings. The maximum Gasteiger partial charge on any atom is 0.248 e. The molecule has 0 spiro atoms. The van der Waals surface area contributed by atoms with Gasteiger partial charge < -0.3 is 9.64 Å². The molecule has 22 heavy (non-hydrogen) atoms. The van der Waals surface area contributed by atoms with E-state index in [0.29, 0.717) is 31.1 Å². The van der Waals surface area contributed by atoms with Gasteiger partial charge in [-0.2, -0.15) is 4.31 Å². The van der Waals surface area contributed by atoms with E-state index in [4.69, 9.17) is 4.74 Å². The molecule has 0 bridgehead atoms. The number of aryl methyl sites for hydroxylation is 2. The quantitative estimate of drug-likeness (QED) is 0.820. The second-order valence-corrected chi connectivity index (χ2v) is 7.39. The fourth-order valence-corrected chi connectivity index (χ4v) is 4.25. The number of ether oxygens (including phenoxy) is 1. The van der Waals surface area contributed by atoms with Gasteiger partial charge in [0.1, 0.15) is 6.61 Å². The lowest BCUT2D eigenvalue weighted by atomic mass is 10.2. The van der Waals surface area contributed by atoms with Gasteiger partial charge >= 0.3 is 0 Å². The Labute approximate surface area is 131 Å². The number of piperazine rings is 1. The molecule has 1 aliphatic rings. The minimum Gasteiger partial charge on any atom is -0.375 e. The SMILES string of the molecule is COCC(=O)N1CCN(S(=O)(=O)c2ccc(C)cc2C)CC1. The monoisotopic (exact) mass is 326 g/mol. The van der Waals surface area contributed by atoms with Crippen LogP contribution in [0.4, 0.5) is 0 Å². The van der Waals surface area contributed by atoms with E-state index < -0.39 is 10.0 Å². The number of amides is 1. The Morgan fingerprint density at radius 3 is 2.36 bits per heavy atom. The smallest absolute Gasteiger partial charge is 0.248 e. The van der Waals surface area contributed by atoms with Crippen LogP contribution in [0.1, 0.15) is 11.1 Å². The van der Waals surface area contributed by atoms with Crippen LogP contribution < -0.4 is 0 Å². The van der Waals surface area contributed by atoms with Crippen molar-refractivity contribution >= 4 is 15.9 Å². The molecule has 0 atom stereocenters. The van der Waals surface area contributed by atoms with Gasteiger partial charge in [-0.1, -0.05) is 17.7 Å². The Morgan fingerprint density at radius 1 is 1.18 bits per heavy atom. The van der Waals surface area contributed by atoms with Gasteiger partial charge in [0.25, 0.3) is 0 Å². The van der Waals surface area contributed by atoms with Crippen molar-refractivity contribution in [1.82, 2.24) is 9.21 Å². The molecule has 2 rings (SSSR count). The molecule has 7 heteroatoms. The molecule has 0 aliphatic carbocycles. The van der Waals surface area contributed by atoms with Gasteiger partial charge in [0.05, 0.1) is 4.90 Å². The molecule has 0 unspecified atom stereocenters. The molecular formula is C15H22N2O4S. The van der Waals surface area contributed by atoms with Crippen molar-refractivity contribution in [2.45, 2.75) is 18.7 Å². The summed E-state index contributed by atoms with van der Waals surface area (Å²) in [6.07, 6.45) is 0. The first-order valence-corrected chi connectivity index (χ1v) is 8.64. The number of rotatable bonds is 4. The Balaban J connectivity index is 2.11. The van der Waals surface area contributed by atoms with Gasteiger partial charge in [0.2, 0.25) is 15.9 Å². The minimum absolute atomic E-state index is 0.0316. The van der Waals surface area contributed by atoms with Crippen LogP contribution in [0, 0.1) is 13.8 Å². The van der Waals surface area contributed by atoms with E-state index >= 15 is 0 Å². The summed E-state index contributed by atoms with van der Waals surface area (Å²) in [4.78, 5) is 13.7. The molecule has 0 aromatic heterocycles. The van der Waals surface area contributed by atoms with Crippen LogP contribution in [0.5, 0.6) is 0 Å². The molecule has 1 aromatic rings. The van der Waals surface area contributed by atoms with Crippen LogP contribution in [0.15, 0.2) is 23.1 Å². The van der Waals surface area contributed by atoms with Crippen molar-refractivity contribution in [2.24, 2.45) is 0 Å². The van der Waals surface area contributed by atoms with Crippen LogP contribution in [0.25, 0.3) is 0 Å². The summed E-state index contributed by atoms with van der Waals surface area (Å²) in [5.74, 6) is -0.105.